The van der Waals surface area contributed by atoms with E-state index in [1.165, 1.54) is 25.7 Å². The van der Waals surface area contributed by atoms with Crippen molar-refractivity contribution < 1.29 is 8.83 Å². The molecule has 0 amide bonds. The first-order valence-corrected chi connectivity index (χ1v) is 16.0. The lowest BCUT2D eigenvalue weighted by molar-refractivity contribution is 0.584. The van der Waals surface area contributed by atoms with Crippen molar-refractivity contribution in [3.63, 3.8) is 0 Å². The third kappa shape index (κ3) is 4.90. The molecule has 47 heavy (non-hydrogen) atoms. The van der Waals surface area contributed by atoms with Crippen LogP contribution in [0.2, 0.25) is 0 Å². The topological polar surface area (TPSA) is 77.8 Å². The first-order valence-electron chi connectivity index (χ1n) is 15.2. The summed E-state index contributed by atoms with van der Waals surface area (Å²) in [6.45, 7) is 0. The second-order valence-electron chi connectivity index (χ2n) is 11.2. The normalized spacial score (nSPS) is 11.4. The van der Waals surface area contributed by atoms with Crippen LogP contribution in [0, 0.1) is 0 Å². The fourth-order valence-corrected chi connectivity index (χ4v) is 7.12. The number of rotatable bonds is 6. The van der Waals surface area contributed by atoms with Crippen LogP contribution in [0.25, 0.3) is 88.2 Å². The summed E-state index contributed by atoms with van der Waals surface area (Å²) >= 11 is 1.81. The number of aromatic nitrogens is 4. The molecule has 9 rings (SSSR count). The highest BCUT2D eigenvalue weighted by molar-refractivity contribution is 7.26. The fraction of sp³-hybridized carbons (Fsp3) is 0. The summed E-state index contributed by atoms with van der Waals surface area (Å²) in [5.74, 6) is 1.98. The Kier molecular flexibility index (Phi) is 6.54. The van der Waals surface area contributed by atoms with Crippen LogP contribution in [0.5, 0.6) is 0 Å². The van der Waals surface area contributed by atoms with Gasteiger partial charge in [0.2, 0.25) is 23.6 Å². The third-order valence-corrected chi connectivity index (χ3v) is 9.43. The van der Waals surface area contributed by atoms with E-state index in [9.17, 15) is 0 Å². The first-order chi connectivity index (χ1) is 23.3. The van der Waals surface area contributed by atoms with Crippen LogP contribution in [0.1, 0.15) is 0 Å². The molecule has 0 aliphatic rings. The van der Waals surface area contributed by atoms with Gasteiger partial charge < -0.3 is 8.83 Å². The zero-order chi connectivity index (χ0) is 31.2. The van der Waals surface area contributed by atoms with Crippen molar-refractivity contribution in [2.45, 2.75) is 0 Å². The van der Waals surface area contributed by atoms with Crippen molar-refractivity contribution in [1.82, 2.24) is 20.4 Å². The molecule has 0 aliphatic carbocycles. The van der Waals surface area contributed by atoms with Gasteiger partial charge in [0.05, 0.1) is 0 Å². The van der Waals surface area contributed by atoms with E-state index in [0.29, 0.717) is 23.6 Å². The van der Waals surface area contributed by atoms with Gasteiger partial charge in [0.25, 0.3) is 0 Å². The van der Waals surface area contributed by atoms with Crippen LogP contribution in [-0.2, 0) is 0 Å². The minimum Gasteiger partial charge on any atom is -0.416 e. The molecule has 3 aromatic heterocycles. The Morgan fingerprint density at radius 1 is 0.362 bits per heavy atom. The maximum atomic E-state index is 6.05. The molecule has 222 valence electrons. The number of benzene rings is 6. The summed E-state index contributed by atoms with van der Waals surface area (Å²) in [6.07, 6.45) is 0. The van der Waals surface area contributed by atoms with E-state index in [2.05, 4.69) is 93.2 Å². The van der Waals surface area contributed by atoms with E-state index in [1.807, 2.05) is 84.1 Å². The summed E-state index contributed by atoms with van der Waals surface area (Å²) in [6, 6.07) is 49.4. The third-order valence-electron chi connectivity index (χ3n) is 8.30. The lowest BCUT2D eigenvalue weighted by Gasteiger charge is -2.13. The SMILES string of the molecule is c1ccc(-c2nnc(-c3ccc(-c4ccc5sc6ccccc6c5c4-c4ccc(-c5nnc(-c6ccccc6)o5)cc4)cc3)o2)cc1. The number of fused-ring (bicyclic) bond motifs is 3. The van der Waals surface area contributed by atoms with Gasteiger partial charge in [-0.3, -0.25) is 0 Å². The molecule has 0 unspecified atom stereocenters. The Bertz CT molecular complexity index is 2500. The number of nitrogens with zero attached hydrogens (tertiary/aromatic N) is 4. The minimum absolute atomic E-state index is 0.488. The minimum atomic E-state index is 0.488. The molecular formula is C40H24N4O2S. The Morgan fingerprint density at radius 3 is 1.36 bits per heavy atom. The number of hydrogen-bond donors (Lipinski definition) is 0. The molecule has 6 nitrogen and oxygen atoms in total. The maximum Gasteiger partial charge on any atom is 0.248 e. The fourth-order valence-electron chi connectivity index (χ4n) is 6.00. The van der Waals surface area contributed by atoms with Gasteiger partial charge in [-0.25, -0.2) is 0 Å². The average Bonchev–Trinajstić information content (AvgIpc) is 3.92. The lowest BCUT2D eigenvalue weighted by atomic mass is 9.90. The average molecular weight is 625 g/mol. The van der Waals surface area contributed by atoms with Gasteiger partial charge in [0.15, 0.2) is 0 Å². The molecule has 0 fully saturated rings. The quantitative estimate of drug-likeness (QED) is 0.183. The smallest absolute Gasteiger partial charge is 0.248 e. The van der Waals surface area contributed by atoms with Crippen LogP contribution in [0.3, 0.4) is 0 Å². The highest BCUT2D eigenvalue weighted by Crippen LogP contribution is 2.45. The Balaban J connectivity index is 1.12. The molecular weight excluding hydrogens is 601 g/mol. The van der Waals surface area contributed by atoms with Crippen molar-refractivity contribution >= 4 is 31.5 Å². The molecule has 3 heterocycles. The molecule has 6 aromatic carbocycles. The largest absolute Gasteiger partial charge is 0.416 e. The van der Waals surface area contributed by atoms with Crippen LogP contribution < -0.4 is 0 Å². The Labute approximate surface area is 273 Å². The summed E-state index contributed by atoms with van der Waals surface area (Å²) < 4.78 is 14.6. The van der Waals surface area contributed by atoms with E-state index in [1.54, 1.807) is 0 Å². The van der Waals surface area contributed by atoms with Crippen LogP contribution >= 0.6 is 11.3 Å². The first kappa shape index (κ1) is 27.2. The van der Waals surface area contributed by atoms with Crippen molar-refractivity contribution in [2.75, 3.05) is 0 Å². The maximum absolute atomic E-state index is 6.05. The van der Waals surface area contributed by atoms with Crippen LogP contribution in [0.4, 0.5) is 0 Å². The van der Waals surface area contributed by atoms with E-state index < -0.39 is 0 Å². The molecule has 0 saturated heterocycles. The Hall–Kier alpha value is -6.18. The molecule has 0 spiro atoms. The van der Waals surface area contributed by atoms with Gasteiger partial charge in [0, 0.05) is 42.4 Å². The summed E-state index contributed by atoms with van der Waals surface area (Å²) in [4.78, 5) is 0. The summed E-state index contributed by atoms with van der Waals surface area (Å²) in [7, 11) is 0. The van der Waals surface area contributed by atoms with Gasteiger partial charge in [-0.05, 0) is 82.9 Å². The van der Waals surface area contributed by atoms with Gasteiger partial charge >= 0.3 is 0 Å². The summed E-state index contributed by atoms with van der Waals surface area (Å²) in [5.41, 5.74) is 8.04. The lowest BCUT2D eigenvalue weighted by Crippen LogP contribution is -1.88. The second kappa shape index (κ2) is 11.3. The molecule has 7 heteroatoms. The molecule has 0 aliphatic heterocycles. The monoisotopic (exact) mass is 624 g/mol. The van der Waals surface area contributed by atoms with Gasteiger partial charge in [-0.1, -0.05) is 84.9 Å². The van der Waals surface area contributed by atoms with Gasteiger partial charge in [0.1, 0.15) is 0 Å². The molecule has 0 atom stereocenters. The van der Waals surface area contributed by atoms with E-state index in [-0.39, 0.29) is 0 Å². The van der Waals surface area contributed by atoms with E-state index >= 15 is 0 Å². The van der Waals surface area contributed by atoms with Gasteiger partial charge in [-0.2, -0.15) is 0 Å². The van der Waals surface area contributed by atoms with Crippen LogP contribution in [-0.4, -0.2) is 20.4 Å². The number of thiophene rings is 1. The number of hydrogen-bond acceptors (Lipinski definition) is 7. The standard InChI is InChI=1S/C40H24N4O2S/c1-3-9-27(10-4-1)37-41-43-39(45-37)29-19-15-25(16-20-29)31-23-24-34-36(32-13-7-8-14-33(32)47-34)35(31)26-17-21-30(22-18-26)40-44-42-38(46-40)28-11-5-2-6-12-28/h1-24H. The Morgan fingerprint density at radius 2 is 0.809 bits per heavy atom. The highest BCUT2D eigenvalue weighted by Gasteiger charge is 2.18. The molecule has 0 N–H and O–H groups in total. The van der Waals surface area contributed by atoms with E-state index in [4.69, 9.17) is 8.83 Å². The predicted octanol–water partition coefficient (Wildman–Crippen LogP) is 10.8. The second-order valence-corrected chi connectivity index (χ2v) is 12.3. The highest BCUT2D eigenvalue weighted by atomic mass is 32.1. The predicted molar refractivity (Wildman–Crippen MR) is 188 cm³/mol. The zero-order valence-electron chi connectivity index (χ0n) is 24.9. The van der Waals surface area contributed by atoms with Crippen molar-refractivity contribution in [3.05, 3.63) is 146 Å². The van der Waals surface area contributed by atoms with Crippen molar-refractivity contribution in [2.24, 2.45) is 0 Å². The van der Waals surface area contributed by atoms with E-state index in [0.717, 1.165) is 38.9 Å². The molecule has 9 aromatic rings. The molecule has 0 saturated carbocycles. The molecule has 0 radical (unpaired) electrons. The van der Waals surface area contributed by atoms with Crippen molar-refractivity contribution in [1.29, 1.82) is 0 Å². The van der Waals surface area contributed by atoms with Gasteiger partial charge in [-0.15, -0.1) is 31.7 Å². The van der Waals surface area contributed by atoms with Crippen LogP contribution in [0.15, 0.2) is 154 Å². The zero-order valence-corrected chi connectivity index (χ0v) is 25.7. The van der Waals surface area contributed by atoms with Crippen molar-refractivity contribution in [3.8, 4) is 68.1 Å². The summed E-state index contributed by atoms with van der Waals surface area (Å²) in [5, 5.41) is 19.7. The molecule has 0 bridgehead atoms.